The monoisotopic (exact) mass is 619 g/mol. The summed E-state index contributed by atoms with van der Waals surface area (Å²) < 4.78 is 0. The van der Waals surface area contributed by atoms with Crippen LogP contribution in [0.1, 0.15) is 239 Å². The van der Waals surface area contributed by atoms with E-state index in [0.717, 1.165) is 19.3 Å². The molecule has 0 bridgehead atoms. The quantitative estimate of drug-likeness (QED) is 0.0555. The van der Waals surface area contributed by atoms with Gasteiger partial charge in [-0.1, -0.05) is 213 Å². The Morgan fingerprint density at radius 3 is 1.07 bits per heavy atom. The van der Waals surface area contributed by atoms with Gasteiger partial charge in [-0.3, -0.25) is 4.79 Å². The summed E-state index contributed by atoms with van der Waals surface area (Å²) >= 11 is 0. The molecule has 0 aromatic rings. The van der Waals surface area contributed by atoms with E-state index in [0.29, 0.717) is 5.92 Å². The van der Waals surface area contributed by atoms with E-state index in [-0.39, 0.29) is 5.92 Å². The molecule has 1 N–H and O–H groups in total. The van der Waals surface area contributed by atoms with Crippen LogP contribution >= 0.6 is 0 Å². The molecule has 0 aliphatic carbocycles. The molecule has 0 saturated heterocycles. The third-order valence-corrected chi connectivity index (χ3v) is 9.96. The number of carboxylic acids is 1. The Morgan fingerprint density at radius 2 is 0.727 bits per heavy atom. The molecule has 2 unspecified atom stereocenters. The first-order valence-electron chi connectivity index (χ1n) is 20.5. The Kier molecular flexibility index (Phi) is 36.0. The van der Waals surface area contributed by atoms with E-state index in [4.69, 9.17) is 0 Å². The zero-order valence-corrected chi connectivity index (χ0v) is 30.7. The van der Waals surface area contributed by atoms with E-state index < -0.39 is 5.97 Å². The van der Waals surface area contributed by atoms with Crippen molar-refractivity contribution in [3.63, 3.8) is 0 Å². The van der Waals surface area contributed by atoms with Crippen molar-refractivity contribution >= 4 is 5.97 Å². The molecule has 2 atom stereocenters. The van der Waals surface area contributed by atoms with E-state index in [9.17, 15) is 9.90 Å². The Bertz CT molecular complexity index is 582. The first-order chi connectivity index (χ1) is 21.7. The normalized spacial score (nSPS) is 13.2. The number of hydrogen-bond donors (Lipinski definition) is 1. The maximum Gasteiger partial charge on any atom is 0.306 e. The molecule has 2 heteroatoms. The van der Waals surface area contributed by atoms with Gasteiger partial charge in [0, 0.05) is 0 Å². The summed E-state index contributed by atoms with van der Waals surface area (Å²) in [4.78, 5) is 12.2. The SMILES string of the molecule is CCCCCCCCC=CCCCCCCCCCCC(CC(CCCCCCCC)CCCCCCCCCC)C(=O)O. The Balaban J connectivity index is 4.06. The lowest BCUT2D eigenvalue weighted by molar-refractivity contribution is -0.142. The van der Waals surface area contributed by atoms with Crippen LogP contribution < -0.4 is 0 Å². The number of carboxylic acid groups (broad SMARTS) is 1. The molecule has 0 rings (SSSR count). The molecule has 262 valence electrons. The molecule has 44 heavy (non-hydrogen) atoms. The molecule has 0 spiro atoms. The number of carbonyl (C=O) groups is 1. The van der Waals surface area contributed by atoms with Crippen LogP contribution in [0.3, 0.4) is 0 Å². The summed E-state index contributed by atoms with van der Waals surface area (Å²) in [6, 6.07) is 0. The highest BCUT2D eigenvalue weighted by Crippen LogP contribution is 2.28. The van der Waals surface area contributed by atoms with Gasteiger partial charge < -0.3 is 5.11 Å². The highest BCUT2D eigenvalue weighted by Gasteiger charge is 2.22. The first-order valence-corrected chi connectivity index (χ1v) is 20.5. The van der Waals surface area contributed by atoms with Crippen LogP contribution in [0.25, 0.3) is 0 Å². The molecule has 0 fully saturated rings. The summed E-state index contributed by atoms with van der Waals surface area (Å²) in [5.41, 5.74) is 0. The minimum Gasteiger partial charge on any atom is -0.481 e. The van der Waals surface area contributed by atoms with Crippen molar-refractivity contribution < 1.29 is 9.90 Å². The van der Waals surface area contributed by atoms with Crippen molar-refractivity contribution in [2.24, 2.45) is 11.8 Å². The smallest absolute Gasteiger partial charge is 0.306 e. The number of hydrogen-bond acceptors (Lipinski definition) is 1. The predicted octanol–water partition coefficient (Wildman–Crippen LogP) is 15.2. The fourth-order valence-corrected chi connectivity index (χ4v) is 6.90. The summed E-state index contributed by atoms with van der Waals surface area (Å²) in [7, 11) is 0. The van der Waals surface area contributed by atoms with Crippen molar-refractivity contribution in [3.8, 4) is 0 Å². The van der Waals surface area contributed by atoms with Gasteiger partial charge in [0.25, 0.3) is 0 Å². The minimum absolute atomic E-state index is 0.122. The first kappa shape index (κ1) is 43.2. The zero-order chi connectivity index (χ0) is 32.2. The van der Waals surface area contributed by atoms with Crippen LogP contribution in [-0.4, -0.2) is 11.1 Å². The Hall–Kier alpha value is -0.790. The van der Waals surface area contributed by atoms with Gasteiger partial charge in [-0.15, -0.1) is 0 Å². The molecule has 0 aromatic carbocycles. The molecule has 0 aliphatic heterocycles. The van der Waals surface area contributed by atoms with Crippen molar-refractivity contribution in [1.82, 2.24) is 0 Å². The molecule has 0 saturated carbocycles. The second kappa shape index (κ2) is 36.7. The van der Waals surface area contributed by atoms with Crippen molar-refractivity contribution in [1.29, 1.82) is 0 Å². The van der Waals surface area contributed by atoms with Gasteiger partial charge in [0.2, 0.25) is 0 Å². The third-order valence-electron chi connectivity index (χ3n) is 9.96. The number of allylic oxidation sites excluding steroid dienone is 2. The van der Waals surface area contributed by atoms with Crippen LogP contribution in [0.5, 0.6) is 0 Å². The number of rotatable bonds is 37. The van der Waals surface area contributed by atoms with E-state index in [1.807, 2.05) is 0 Å². The molecule has 0 amide bonds. The van der Waals surface area contributed by atoms with Gasteiger partial charge in [0.05, 0.1) is 5.92 Å². The second-order valence-corrected chi connectivity index (χ2v) is 14.4. The third kappa shape index (κ3) is 32.6. The highest BCUT2D eigenvalue weighted by molar-refractivity contribution is 5.69. The lowest BCUT2D eigenvalue weighted by atomic mass is 9.84. The minimum atomic E-state index is -0.533. The number of aliphatic carboxylic acids is 1. The average molecular weight is 619 g/mol. The molecule has 0 aliphatic rings. The topological polar surface area (TPSA) is 37.3 Å². The largest absolute Gasteiger partial charge is 0.481 e. The van der Waals surface area contributed by atoms with Crippen molar-refractivity contribution in [3.05, 3.63) is 12.2 Å². The average Bonchev–Trinajstić information content (AvgIpc) is 3.02. The predicted molar refractivity (Wildman–Crippen MR) is 198 cm³/mol. The van der Waals surface area contributed by atoms with E-state index >= 15 is 0 Å². The standard InChI is InChI=1S/C42H82O2/c1-4-7-10-13-16-18-19-20-21-22-23-24-25-26-27-29-32-35-38-41(42(43)44)39-40(36-33-30-15-12-9-6-3)37-34-31-28-17-14-11-8-5-2/h20-21,40-41H,4-19,22-39H2,1-3H3,(H,43,44). The molecule has 0 aromatic heterocycles. The zero-order valence-electron chi connectivity index (χ0n) is 30.7. The summed E-state index contributed by atoms with van der Waals surface area (Å²) in [6.45, 7) is 6.85. The summed E-state index contributed by atoms with van der Waals surface area (Å²) in [6.07, 6.45) is 49.3. The molecule has 0 heterocycles. The lowest BCUT2D eigenvalue weighted by Crippen LogP contribution is -2.18. The van der Waals surface area contributed by atoms with Gasteiger partial charge in [0.1, 0.15) is 0 Å². The van der Waals surface area contributed by atoms with Crippen molar-refractivity contribution in [2.45, 2.75) is 239 Å². The van der Waals surface area contributed by atoms with Crippen molar-refractivity contribution in [2.75, 3.05) is 0 Å². The van der Waals surface area contributed by atoms with E-state index in [1.54, 1.807) is 0 Å². The van der Waals surface area contributed by atoms with Crippen LogP contribution in [0.15, 0.2) is 12.2 Å². The van der Waals surface area contributed by atoms with Crippen LogP contribution in [-0.2, 0) is 4.79 Å². The lowest BCUT2D eigenvalue weighted by Gasteiger charge is -2.21. The van der Waals surface area contributed by atoms with Gasteiger partial charge in [-0.25, -0.2) is 0 Å². The molecular weight excluding hydrogens is 536 g/mol. The fraction of sp³-hybridized carbons (Fsp3) is 0.929. The van der Waals surface area contributed by atoms with Gasteiger partial charge in [-0.2, -0.15) is 0 Å². The Morgan fingerprint density at radius 1 is 0.432 bits per heavy atom. The number of unbranched alkanes of at least 4 members (excludes halogenated alkanes) is 26. The molecule has 0 radical (unpaired) electrons. The summed E-state index contributed by atoms with van der Waals surface area (Å²) in [5.74, 6) is -0.0362. The van der Waals surface area contributed by atoms with Gasteiger partial charge >= 0.3 is 5.97 Å². The maximum atomic E-state index is 12.2. The van der Waals surface area contributed by atoms with Crippen LogP contribution in [0.2, 0.25) is 0 Å². The summed E-state index contributed by atoms with van der Waals surface area (Å²) in [5, 5.41) is 10.0. The Labute approximate surface area is 278 Å². The molecule has 2 nitrogen and oxygen atoms in total. The second-order valence-electron chi connectivity index (χ2n) is 14.4. The van der Waals surface area contributed by atoms with E-state index in [2.05, 4.69) is 32.9 Å². The van der Waals surface area contributed by atoms with Crippen LogP contribution in [0.4, 0.5) is 0 Å². The van der Waals surface area contributed by atoms with Crippen LogP contribution in [0, 0.1) is 11.8 Å². The maximum absolute atomic E-state index is 12.2. The van der Waals surface area contributed by atoms with E-state index in [1.165, 1.54) is 199 Å². The highest BCUT2D eigenvalue weighted by atomic mass is 16.4. The fourth-order valence-electron chi connectivity index (χ4n) is 6.90. The van der Waals surface area contributed by atoms with Gasteiger partial charge in [-0.05, 0) is 44.4 Å². The van der Waals surface area contributed by atoms with Gasteiger partial charge in [0.15, 0.2) is 0 Å². The molecular formula is C42H82O2.